The second kappa shape index (κ2) is 8.19. The highest BCUT2D eigenvalue weighted by Gasteiger charge is 2.31. The molecule has 138 valence electrons. The summed E-state index contributed by atoms with van der Waals surface area (Å²) in [6, 6.07) is 10.5. The number of hydrogen-bond donors (Lipinski definition) is 2. The van der Waals surface area contributed by atoms with Crippen molar-refractivity contribution in [3.05, 3.63) is 42.0 Å². The molecule has 0 aromatic heterocycles. The largest absolute Gasteiger partial charge is 0.497 e. The van der Waals surface area contributed by atoms with Crippen molar-refractivity contribution in [2.24, 2.45) is 5.92 Å². The Morgan fingerprint density at radius 1 is 1.35 bits per heavy atom. The Labute approximate surface area is 152 Å². The second-order valence-corrected chi connectivity index (χ2v) is 6.54. The monoisotopic (exact) mass is 357 g/mol. The van der Waals surface area contributed by atoms with E-state index in [0.29, 0.717) is 19.0 Å². The number of methoxy groups -OCH3 is 1. The molecule has 1 fully saturated rings. The van der Waals surface area contributed by atoms with Gasteiger partial charge in [-0.05, 0) is 41.3 Å². The van der Waals surface area contributed by atoms with Crippen LogP contribution in [0.1, 0.15) is 18.4 Å². The summed E-state index contributed by atoms with van der Waals surface area (Å²) in [5, 5.41) is 14.1. The Hall–Kier alpha value is -2.60. The molecule has 2 unspecified atom stereocenters. The summed E-state index contributed by atoms with van der Waals surface area (Å²) >= 11 is 0. The summed E-state index contributed by atoms with van der Waals surface area (Å²) in [5.74, 6) is -0.808. The highest BCUT2D eigenvalue weighted by molar-refractivity contribution is 5.92. The zero-order valence-corrected chi connectivity index (χ0v) is 14.7. The van der Waals surface area contributed by atoms with Gasteiger partial charge < -0.3 is 19.9 Å². The highest BCUT2D eigenvalue weighted by Crippen LogP contribution is 2.25. The van der Waals surface area contributed by atoms with E-state index >= 15 is 0 Å². The number of carboxylic acid groups (broad SMARTS) is 1. The van der Waals surface area contributed by atoms with E-state index in [1.807, 2.05) is 36.4 Å². The van der Waals surface area contributed by atoms with Gasteiger partial charge >= 0.3 is 5.97 Å². The molecule has 2 aromatic carbocycles. The molecule has 0 saturated carbocycles. The van der Waals surface area contributed by atoms with Crippen molar-refractivity contribution < 1.29 is 24.2 Å². The van der Waals surface area contributed by atoms with Crippen LogP contribution in [-0.2, 0) is 20.7 Å². The van der Waals surface area contributed by atoms with Gasteiger partial charge in [0.05, 0.1) is 20.1 Å². The quantitative estimate of drug-likeness (QED) is 0.829. The lowest BCUT2D eigenvalue weighted by molar-refractivity contribution is -0.145. The number of benzene rings is 2. The van der Waals surface area contributed by atoms with Gasteiger partial charge in [0.2, 0.25) is 5.91 Å². The van der Waals surface area contributed by atoms with Crippen LogP contribution >= 0.6 is 0 Å². The molecule has 0 bridgehead atoms. The van der Waals surface area contributed by atoms with E-state index in [-0.39, 0.29) is 18.2 Å². The number of nitrogens with one attached hydrogen (secondary N) is 1. The number of ether oxygens (including phenoxy) is 2. The van der Waals surface area contributed by atoms with E-state index in [9.17, 15) is 14.7 Å². The van der Waals surface area contributed by atoms with Gasteiger partial charge in [0.25, 0.3) is 0 Å². The molecule has 2 N–H and O–H groups in total. The van der Waals surface area contributed by atoms with Crippen molar-refractivity contribution >= 4 is 22.6 Å². The maximum atomic E-state index is 12.5. The van der Waals surface area contributed by atoms with E-state index in [1.54, 1.807) is 7.11 Å². The lowest BCUT2D eigenvalue weighted by atomic mass is 9.93. The highest BCUT2D eigenvalue weighted by atomic mass is 16.5. The fourth-order valence-electron chi connectivity index (χ4n) is 3.40. The number of carbonyl (C=O) groups is 2. The predicted octanol–water partition coefficient (Wildman–Crippen LogP) is 2.39. The molecule has 6 nitrogen and oxygen atoms in total. The summed E-state index contributed by atoms with van der Waals surface area (Å²) in [6.45, 7) is 1.01. The van der Waals surface area contributed by atoms with Crippen LogP contribution < -0.4 is 10.1 Å². The van der Waals surface area contributed by atoms with Gasteiger partial charge in [-0.1, -0.05) is 24.3 Å². The number of carbonyl (C=O) groups excluding carboxylic acids is 1. The second-order valence-electron chi connectivity index (χ2n) is 6.54. The first kappa shape index (κ1) is 18.2. The minimum absolute atomic E-state index is 0.113. The molecule has 2 atom stereocenters. The molecular formula is C20H23NO5. The van der Waals surface area contributed by atoms with Crippen molar-refractivity contribution in [1.29, 1.82) is 0 Å². The van der Waals surface area contributed by atoms with Crippen molar-refractivity contribution in [2.75, 3.05) is 20.3 Å². The minimum Gasteiger partial charge on any atom is -0.497 e. The van der Waals surface area contributed by atoms with Gasteiger partial charge in [0.15, 0.2) is 0 Å². The summed E-state index contributed by atoms with van der Waals surface area (Å²) in [6.07, 6.45) is 1.66. The molecule has 2 aromatic rings. The summed E-state index contributed by atoms with van der Waals surface area (Å²) in [4.78, 5) is 24.1. The van der Waals surface area contributed by atoms with Crippen LogP contribution in [0.2, 0.25) is 0 Å². The maximum absolute atomic E-state index is 12.5. The van der Waals surface area contributed by atoms with Crippen LogP contribution in [0.4, 0.5) is 0 Å². The Balaban J connectivity index is 1.76. The Kier molecular flexibility index (Phi) is 5.73. The van der Waals surface area contributed by atoms with Crippen LogP contribution in [0, 0.1) is 5.92 Å². The average Bonchev–Trinajstić information content (AvgIpc) is 2.66. The number of carboxylic acids is 1. The van der Waals surface area contributed by atoms with Crippen LogP contribution in [0.3, 0.4) is 0 Å². The average molecular weight is 357 g/mol. The first-order valence-electron chi connectivity index (χ1n) is 8.74. The predicted molar refractivity (Wildman–Crippen MR) is 97.3 cm³/mol. The van der Waals surface area contributed by atoms with Gasteiger partial charge in [0, 0.05) is 12.5 Å². The first-order valence-corrected chi connectivity index (χ1v) is 8.74. The first-order chi connectivity index (χ1) is 12.6. The lowest BCUT2D eigenvalue weighted by Crippen LogP contribution is -2.48. The molecule has 0 aliphatic carbocycles. The molecule has 26 heavy (non-hydrogen) atoms. The number of hydrogen-bond acceptors (Lipinski definition) is 4. The standard InChI is InChI=1S/C20H23NO5/c1-25-16-8-7-13-4-2-5-14(17(13)11-16)10-18(22)21-19(20(23)24)15-6-3-9-26-12-15/h2,4-5,7-8,11,15,19H,3,6,9-10,12H2,1H3,(H,21,22)(H,23,24). The molecule has 0 spiro atoms. The Morgan fingerprint density at radius 3 is 2.88 bits per heavy atom. The number of fused-ring (bicyclic) bond motifs is 1. The molecule has 0 radical (unpaired) electrons. The van der Waals surface area contributed by atoms with Gasteiger partial charge in [-0.25, -0.2) is 4.79 Å². The molecule has 6 heteroatoms. The van der Waals surface area contributed by atoms with Crippen LogP contribution in [0.25, 0.3) is 10.8 Å². The molecular weight excluding hydrogens is 334 g/mol. The summed E-state index contributed by atoms with van der Waals surface area (Å²) < 4.78 is 10.6. The van der Waals surface area contributed by atoms with Crippen molar-refractivity contribution in [1.82, 2.24) is 5.32 Å². The third-order valence-electron chi connectivity index (χ3n) is 4.78. The zero-order chi connectivity index (χ0) is 18.5. The zero-order valence-electron chi connectivity index (χ0n) is 14.7. The van der Waals surface area contributed by atoms with Gasteiger partial charge in [-0.3, -0.25) is 4.79 Å². The van der Waals surface area contributed by atoms with E-state index in [2.05, 4.69) is 5.32 Å². The topological polar surface area (TPSA) is 84.9 Å². The summed E-state index contributed by atoms with van der Waals surface area (Å²) in [5.41, 5.74) is 0.836. The Morgan fingerprint density at radius 2 is 2.19 bits per heavy atom. The summed E-state index contributed by atoms with van der Waals surface area (Å²) in [7, 11) is 1.60. The smallest absolute Gasteiger partial charge is 0.326 e. The molecule has 1 amide bonds. The molecule has 1 saturated heterocycles. The molecule has 3 rings (SSSR count). The fourth-order valence-corrected chi connectivity index (χ4v) is 3.40. The third-order valence-corrected chi connectivity index (χ3v) is 4.78. The number of aliphatic carboxylic acids is 1. The van der Waals surface area contributed by atoms with Crippen LogP contribution in [0.5, 0.6) is 5.75 Å². The lowest BCUT2D eigenvalue weighted by Gasteiger charge is -2.28. The van der Waals surface area contributed by atoms with E-state index in [1.165, 1.54) is 0 Å². The maximum Gasteiger partial charge on any atom is 0.326 e. The number of rotatable bonds is 6. The van der Waals surface area contributed by atoms with Crippen molar-refractivity contribution in [3.63, 3.8) is 0 Å². The fraction of sp³-hybridized carbons (Fsp3) is 0.400. The molecule has 1 heterocycles. The van der Waals surface area contributed by atoms with Crippen molar-refractivity contribution in [3.8, 4) is 5.75 Å². The number of amides is 1. The SMILES string of the molecule is COc1ccc2cccc(CC(=O)NC(C(=O)O)C3CCCOC3)c2c1. The van der Waals surface area contributed by atoms with E-state index in [0.717, 1.165) is 29.2 Å². The van der Waals surface area contributed by atoms with Gasteiger partial charge in [0.1, 0.15) is 11.8 Å². The van der Waals surface area contributed by atoms with Crippen molar-refractivity contribution in [2.45, 2.75) is 25.3 Å². The minimum atomic E-state index is -1.02. The van der Waals surface area contributed by atoms with Gasteiger partial charge in [-0.2, -0.15) is 0 Å². The Bertz CT molecular complexity index is 798. The molecule has 1 aliphatic heterocycles. The third kappa shape index (κ3) is 4.14. The molecule has 1 aliphatic rings. The van der Waals surface area contributed by atoms with Crippen LogP contribution in [-0.4, -0.2) is 43.3 Å². The van der Waals surface area contributed by atoms with E-state index < -0.39 is 12.0 Å². The van der Waals surface area contributed by atoms with Crippen LogP contribution in [0.15, 0.2) is 36.4 Å². The van der Waals surface area contributed by atoms with E-state index in [4.69, 9.17) is 9.47 Å². The normalized spacial score (nSPS) is 18.3. The van der Waals surface area contributed by atoms with Gasteiger partial charge in [-0.15, -0.1) is 0 Å².